The summed E-state index contributed by atoms with van der Waals surface area (Å²) in [5.74, 6) is 3.22. The maximum atomic E-state index is 11.9. The van der Waals surface area contributed by atoms with Crippen molar-refractivity contribution in [3.63, 3.8) is 0 Å². The van der Waals surface area contributed by atoms with Gasteiger partial charge in [-0.05, 0) is 37.2 Å². The topological polar surface area (TPSA) is 26.3 Å². The summed E-state index contributed by atoms with van der Waals surface area (Å²) >= 11 is 4.25. The fourth-order valence-corrected chi connectivity index (χ4v) is 6.95. The maximum absolute atomic E-state index is 11.9. The van der Waals surface area contributed by atoms with Gasteiger partial charge in [0.05, 0.1) is 10.00 Å². The summed E-state index contributed by atoms with van der Waals surface area (Å²) in [4.78, 5) is 11.9. The first-order valence-electron chi connectivity index (χ1n) is 6.83. The zero-order valence-corrected chi connectivity index (χ0v) is 12.2. The maximum Gasteiger partial charge on any atom is 0.309 e. The lowest BCUT2D eigenvalue weighted by Gasteiger charge is -2.43. The first kappa shape index (κ1) is 12.9. The van der Waals surface area contributed by atoms with Crippen LogP contribution in [0.1, 0.15) is 32.1 Å². The molecule has 0 N–H and O–H groups in total. The van der Waals surface area contributed by atoms with Gasteiger partial charge in [0.15, 0.2) is 0 Å². The largest absolute Gasteiger partial charge is 0.461 e. The van der Waals surface area contributed by atoms with Gasteiger partial charge in [-0.2, -0.15) is 0 Å². The van der Waals surface area contributed by atoms with Crippen molar-refractivity contribution in [3.8, 4) is 0 Å². The Hall–Kier alpha value is -0.0900. The highest BCUT2D eigenvalue weighted by atomic mass is 32.2. The molecule has 0 amide bonds. The number of rotatable bonds is 2. The van der Waals surface area contributed by atoms with Crippen LogP contribution in [-0.4, -0.2) is 27.7 Å². The summed E-state index contributed by atoms with van der Waals surface area (Å²) in [7, 11) is 0. The van der Waals surface area contributed by atoms with Crippen LogP contribution in [0.4, 0.5) is 0 Å². The van der Waals surface area contributed by atoms with E-state index >= 15 is 0 Å². The van der Waals surface area contributed by atoms with Crippen LogP contribution < -0.4 is 0 Å². The summed E-state index contributed by atoms with van der Waals surface area (Å²) in [6.45, 7) is 3.79. The number of hydrogen-bond donors (Lipinski definition) is 0. The van der Waals surface area contributed by atoms with Crippen molar-refractivity contribution in [2.24, 2.45) is 11.8 Å². The lowest BCUT2D eigenvalue weighted by molar-refractivity contribution is -0.144. The Kier molecular flexibility index (Phi) is 3.68. The van der Waals surface area contributed by atoms with Gasteiger partial charge in [-0.3, -0.25) is 4.79 Å². The van der Waals surface area contributed by atoms with Gasteiger partial charge < -0.3 is 4.74 Å². The summed E-state index contributed by atoms with van der Waals surface area (Å²) in [5.41, 5.74) is 0. The summed E-state index contributed by atoms with van der Waals surface area (Å²) in [6, 6.07) is 0. The minimum atomic E-state index is 0.0486. The fraction of sp³-hybridized carbons (Fsp3) is 0.786. The van der Waals surface area contributed by atoms with Crippen LogP contribution in [0.5, 0.6) is 0 Å². The van der Waals surface area contributed by atoms with Crippen LogP contribution >= 0.6 is 23.5 Å². The smallest absolute Gasteiger partial charge is 0.309 e. The molecule has 0 unspecified atom stereocenters. The van der Waals surface area contributed by atoms with Crippen LogP contribution in [0.3, 0.4) is 0 Å². The molecule has 3 rings (SSSR count). The molecule has 3 aliphatic rings. The van der Waals surface area contributed by atoms with E-state index in [-0.39, 0.29) is 18.0 Å². The zero-order valence-electron chi connectivity index (χ0n) is 10.6. The molecule has 3 atom stereocenters. The van der Waals surface area contributed by atoms with Gasteiger partial charge in [0, 0.05) is 12.3 Å². The van der Waals surface area contributed by atoms with E-state index in [2.05, 4.69) is 30.1 Å². The third kappa shape index (κ3) is 2.22. The van der Waals surface area contributed by atoms with Crippen LogP contribution in [0.25, 0.3) is 0 Å². The first-order chi connectivity index (χ1) is 8.74. The van der Waals surface area contributed by atoms with Crippen molar-refractivity contribution in [1.29, 1.82) is 0 Å². The van der Waals surface area contributed by atoms with Crippen LogP contribution in [0.15, 0.2) is 12.7 Å². The lowest BCUT2D eigenvalue weighted by Crippen LogP contribution is -2.38. The molecular weight excluding hydrogens is 264 g/mol. The number of cyclic esters (lactones) is 1. The highest BCUT2D eigenvalue weighted by molar-refractivity contribution is 8.18. The van der Waals surface area contributed by atoms with Crippen molar-refractivity contribution in [2.45, 2.75) is 42.3 Å². The van der Waals surface area contributed by atoms with Crippen molar-refractivity contribution in [1.82, 2.24) is 0 Å². The average molecular weight is 284 g/mol. The van der Waals surface area contributed by atoms with E-state index < -0.39 is 0 Å². The van der Waals surface area contributed by atoms with Gasteiger partial charge in [0.2, 0.25) is 0 Å². The lowest BCUT2D eigenvalue weighted by atomic mass is 9.77. The Balaban J connectivity index is 1.76. The molecule has 1 spiro atoms. The molecule has 1 aliphatic carbocycles. The number of esters is 1. The van der Waals surface area contributed by atoms with Gasteiger partial charge >= 0.3 is 5.97 Å². The molecule has 0 radical (unpaired) electrons. The van der Waals surface area contributed by atoms with Gasteiger partial charge in [-0.15, -0.1) is 30.1 Å². The molecule has 100 valence electrons. The standard InChI is InChI=1S/C14H20O2S2/c1-2-4-12-11-9-14(17-7-3-8-18-14)6-5-10(11)13(15)16-12/h2,10-12H,1,3-9H2/t10-,11+,12-/m1/s1. The summed E-state index contributed by atoms with van der Waals surface area (Å²) in [5, 5.41) is 0. The first-order valence-corrected chi connectivity index (χ1v) is 8.80. The van der Waals surface area contributed by atoms with E-state index in [1.54, 1.807) is 0 Å². The highest BCUT2D eigenvalue weighted by Gasteiger charge is 2.52. The molecule has 1 saturated carbocycles. The van der Waals surface area contributed by atoms with E-state index in [1.807, 2.05) is 6.08 Å². The monoisotopic (exact) mass is 284 g/mol. The number of carbonyl (C=O) groups excluding carboxylic acids is 1. The molecular formula is C14H20O2S2. The molecule has 0 aromatic rings. The average Bonchev–Trinajstić information content (AvgIpc) is 2.67. The quantitative estimate of drug-likeness (QED) is 0.573. The number of hydrogen-bond acceptors (Lipinski definition) is 4. The van der Waals surface area contributed by atoms with E-state index in [1.165, 1.54) is 24.3 Å². The summed E-state index contributed by atoms with van der Waals surface area (Å²) < 4.78 is 5.94. The molecule has 2 heterocycles. The van der Waals surface area contributed by atoms with Crippen LogP contribution in [0, 0.1) is 11.8 Å². The van der Waals surface area contributed by atoms with Crippen LogP contribution in [0.2, 0.25) is 0 Å². The molecule has 3 fully saturated rings. The zero-order chi connectivity index (χ0) is 12.6. The number of thioether (sulfide) groups is 2. The second-order valence-electron chi connectivity index (χ2n) is 5.47. The Labute approximate surface area is 117 Å². The molecule has 2 nitrogen and oxygen atoms in total. The molecule has 2 saturated heterocycles. The van der Waals surface area contributed by atoms with E-state index in [0.717, 1.165) is 19.3 Å². The second kappa shape index (κ2) is 5.12. The Morgan fingerprint density at radius 3 is 2.94 bits per heavy atom. The van der Waals surface area contributed by atoms with Crippen molar-refractivity contribution < 1.29 is 9.53 Å². The molecule has 0 aromatic heterocycles. The minimum absolute atomic E-state index is 0.0486. The molecule has 18 heavy (non-hydrogen) atoms. The van der Waals surface area contributed by atoms with Gasteiger partial charge in [-0.25, -0.2) is 0 Å². The molecule has 0 bridgehead atoms. The minimum Gasteiger partial charge on any atom is -0.461 e. The SMILES string of the molecule is C=CC[C@H]1OC(=O)[C@@H]2CCC3(C[C@H]12)SCCCS3. The third-order valence-corrected chi connectivity index (χ3v) is 7.85. The number of carbonyl (C=O) groups is 1. The second-order valence-corrected chi connectivity index (χ2v) is 8.69. The van der Waals surface area contributed by atoms with E-state index in [4.69, 9.17) is 4.74 Å². The van der Waals surface area contributed by atoms with Crippen molar-refractivity contribution in [3.05, 3.63) is 12.7 Å². The van der Waals surface area contributed by atoms with E-state index in [9.17, 15) is 4.79 Å². The van der Waals surface area contributed by atoms with Crippen molar-refractivity contribution >= 4 is 29.5 Å². The third-order valence-electron chi connectivity index (χ3n) is 4.37. The molecule has 4 heteroatoms. The molecule has 2 aliphatic heterocycles. The van der Waals surface area contributed by atoms with Gasteiger partial charge in [0.25, 0.3) is 0 Å². The Morgan fingerprint density at radius 2 is 2.22 bits per heavy atom. The number of fused-ring (bicyclic) bond motifs is 1. The predicted octanol–water partition coefficient (Wildman–Crippen LogP) is 3.47. The molecule has 0 aromatic carbocycles. The number of ether oxygens (including phenoxy) is 1. The van der Waals surface area contributed by atoms with Crippen LogP contribution in [-0.2, 0) is 9.53 Å². The Bertz CT molecular complexity index is 350. The van der Waals surface area contributed by atoms with Gasteiger partial charge in [-0.1, -0.05) is 6.08 Å². The normalized spacial score (nSPS) is 38.2. The van der Waals surface area contributed by atoms with Gasteiger partial charge in [0.1, 0.15) is 6.10 Å². The van der Waals surface area contributed by atoms with Crippen molar-refractivity contribution in [2.75, 3.05) is 11.5 Å². The summed E-state index contributed by atoms with van der Waals surface area (Å²) in [6.07, 6.45) is 7.49. The highest BCUT2D eigenvalue weighted by Crippen LogP contribution is 2.56. The fourth-order valence-electron chi connectivity index (χ4n) is 3.47. The Morgan fingerprint density at radius 1 is 1.44 bits per heavy atom. The van der Waals surface area contributed by atoms with E-state index in [0.29, 0.717) is 10.00 Å². The predicted molar refractivity (Wildman–Crippen MR) is 77.8 cm³/mol.